The molecule has 1 heterocycles. The minimum atomic E-state index is -0.698. The number of hydrogen-bond acceptors (Lipinski definition) is 5. The first kappa shape index (κ1) is 21.9. The predicted molar refractivity (Wildman–Crippen MR) is 116 cm³/mol. The number of esters is 1. The number of allylic oxidation sites excluding steroid dienone is 1. The van der Waals surface area contributed by atoms with Crippen molar-refractivity contribution in [1.82, 2.24) is 10.2 Å². The van der Waals surface area contributed by atoms with E-state index < -0.39 is 12.0 Å². The minimum Gasteiger partial charge on any atom is -0.497 e. The Kier molecular flexibility index (Phi) is 6.59. The maximum atomic E-state index is 12.6. The lowest BCUT2D eigenvalue weighted by molar-refractivity contribution is -0.139. The molecule has 0 bridgehead atoms. The first-order valence-corrected chi connectivity index (χ1v) is 9.83. The van der Waals surface area contributed by atoms with E-state index in [2.05, 4.69) is 10.6 Å². The lowest BCUT2D eigenvalue weighted by Crippen LogP contribution is -2.46. The molecule has 0 radical (unpaired) electrons. The van der Waals surface area contributed by atoms with Crippen LogP contribution >= 0.6 is 0 Å². The molecule has 3 amide bonds. The highest BCUT2D eigenvalue weighted by Gasteiger charge is 2.35. The average Bonchev–Trinajstić information content (AvgIpc) is 2.77. The number of ether oxygens (including phenoxy) is 2. The molecule has 1 unspecified atom stereocenters. The number of carbonyl (C=O) groups is 3. The number of rotatable bonds is 6. The third kappa shape index (κ3) is 4.69. The van der Waals surface area contributed by atoms with E-state index in [1.165, 1.54) is 12.0 Å². The minimum absolute atomic E-state index is 0.219. The molecule has 0 aliphatic carbocycles. The molecule has 0 saturated heterocycles. The van der Waals surface area contributed by atoms with Crippen molar-refractivity contribution >= 4 is 23.6 Å². The predicted octanol–water partition coefficient (Wildman–Crippen LogP) is 3.48. The fraction of sp³-hybridized carbons (Fsp3) is 0.261. The summed E-state index contributed by atoms with van der Waals surface area (Å²) in [4.78, 5) is 39.0. The number of hydrogen-bond donors (Lipinski definition) is 2. The number of carbonyl (C=O) groups excluding carboxylic acids is 3. The molecule has 2 aromatic carbocycles. The first-order valence-electron chi connectivity index (χ1n) is 9.83. The SMILES string of the molecule is CCOC(=O)C1=C(C)N(C)C(=O)NC1c1cccc(NC(=O)c2cccc(OC)c2)c1. The van der Waals surface area contributed by atoms with E-state index in [0.29, 0.717) is 33.8 Å². The zero-order chi connectivity index (χ0) is 22.5. The van der Waals surface area contributed by atoms with E-state index in [4.69, 9.17) is 9.47 Å². The van der Waals surface area contributed by atoms with Gasteiger partial charge >= 0.3 is 12.0 Å². The highest BCUT2D eigenvalue weighted by atomic mass is 16.5. The molecule has 0 spiro atoms. The fourth-order valence-electron chi connectivity index (χ4n) is 3.32. The largest absolute Gasteiger partial charge is 0.497 e. The van der Waals surface area contributed by atoms with Gasteiger partial charge in [0, 0.05) is 24.0 Å². The number of benzene rings is 2. The van der Waals surface area contributed by atoms with Crippen LogP contribution in [0.15, 0.2) is 59.8 Å². The molecule has 0 saturated carbocycles. The van der Waals surface area contributed by atoms with Crippen molar-refractivity contribution < 1.29 is 23.9 Å². The molecule has 31 heavy (non-hydrogen) atoms. The number of methoxy groups -OCH3 is 1. The number of amides is 3. The summed E-state index contributed by atoms with van der Waals surface area (Å²) in [6, 6.07) is 12.8. The first-order chi connectivity index (χ1) is 14.8. The summed E-state index contributed by atoms with van der Waals surface area (Å²) >= 11 is 0. The lowest BCUT2D eigenvalue weighted by atomic mass is 9.94. The van der Waals surface area contributed by atoms with Crippen LogP contribution in [0.2, 0.25) is 0 Å². The van der Waals surface area contributed by atoms with Gasteiger partial charge in [0.2, 0.25) is 0 Å². The fourth-order valence-corrected chi connectivity index (χ4v) is 3.32. The number of nitrogens with zero attached hydrogens (tertiary/aromatic N) is 1. The third-order valence-corrected chi connectivity index (χ3v) is 5.06. The summed E-state index contributed by atoms with van der Waals surface area (Å²) < 4.78 is 10.4. The molecule has 2 aromatic rings. The van der Waals surface area contributed by atoms with Gasteiger partial charge in [0.25, 0.3) is 5.91 Å². The van der Waals surface area contributed by atoms with Gasteiger partial charge in [0.15, 0.2) is 0 Å². The summed E-state index contributed by atoms with van der Waals surface area (Å²) in [5.74, 6) is -0.224. The molecule has 1 aliphatic rings. The van der Waals surface area contributed by atoms with Crippen molar-refractivity contribution in [2.45, 2.75) is 19.9 Å². The van der Waals surface area contributed by atoms with E-state index in [1.54, 1.807) is 69.4 Å². The van der Waals surface area contributed by atoms with Gasteiger partial charge in [-0.25, -0.2) is 9.59 Å². The second-order valence-corrected chi connectivity index (χ2v) is 6.97. The third-order valence-electron chi connectivity index (χ3n) is 5.06. The van der Waals surface area contributed by atoms with Crippen LogP contribution < -0.4 is 15.4 Å². The monoisotopic (exact) mass is 423 g/mol. The normalized spacial score (nSPS) is 15.9. The van der Waals surface area contributed by atoms with Gasteiger partial charge in [0.05, 0.1) is 25.3 Å². The number of nitrogens with one attached hydrogen (secondary N) is 2. The second kappa shape index (κ2) is 9.34. The summed E-state index contributed by atoms with van der Waals surface area (Å²) in [5.41, 5.74) is 2.48. The smallest absolute Gasteiger partial charge is 0.338 e. The van der Waals surface area contributed by atoms with Gasteiger partial charge in [-0.2, -0.15) is 0 Å². The molecular formula is C23H25N3O5. The molecular weight excluding hydrogens is 398 g/mol. The van der Waals surface area contributed by atoms with E-state index in [0.717, 1.165) is 0 Å². The summed E-state index contributed by atoms with van der Waals surface area (Å²) in [6.07, 6.45) is 0. The van der Waals surface area contributed by atoms with Gasteiger partial charge in [0.1, 0.15) is 5.75 Å². The van der Waals surface area contributed by atoms with Crippen LogP contribution in [0.1, 0.15) is 35.8 Å². The summed E-state index contributed by atoms with van der Waals surface area (Å²) in [5, 5.41) is 5.67. The molecule has 0 fully saturated rings. The molecule has 8 nitrogen and oxygen atoms in total. The molecule has 2 N–H and O–H groups in total. The number of anilines is 1. The Bertz CT molecular complexity index is 1050. The maximum Gasteiger partial charge on any atom is 0.338 e. The second-order valence-electron chi connectivity index (χ2n) is 6.97. The molecule has 8 heteroatoms. The standard InChI is InChI=1S/C23H25N3O5/c1-5-31-22(28)19-14(2)26(3)23(29)25-20(19)15-8-6-10-17(12-15)24-21(27)16-9-7-11-18(13-16)30-4/h6-13,20H,5H2,1-4H3,(H,24,27)(H,25,29). The highest BCUT2D eigenvalue weighted by molar-refractivity contribution is 6.04. The van der Waals surface area contributed by atoms with Gasteiger partial charge in [-0.15, -0.1) is 0 Å². The quantitative estimate of drug-likeness (QED) is 0.694. The van der Waals surface area contributed by atoms with Gasteiger partial charge in [-0.05, 0) is 49.7 Å². The van der Waals surface area contributed by atoms with E-state index in [-0.39, 0.29) is 18.5 Å². The van der Waals surface area contributed by atoms with Crippen LogP contribution in [-0.4, -0.2) is 43.6 Å². The Morgan fingerprint density at radius 2 is 1.90 bits per heavy atom. The Hall–Kier alpha value is -3.81. The Morgan fingerprint density at radius 3 is 2.61 bits per heavy atom. The van der Waals surface area contributed by atoms with Crippen LogP contribution in [0.4, 0.5) is 10.5 Å². The average molecular weight is 423 g/mol. The lowest BCUT2D eigenvalue weighted by Gasteiger charge is -2.33. The zero-order valence-electron chi connectivity index (χ0n) is 17.9. The van der Waals surface area contributed by atoms with Crippen molar-refractivity contribution in [1.29, 1.82) is 0 Å². The molecule has 1 atom stereocenters. The van der Waals surface area contributed by atoms with Gasteiger partial charge < -0.3 is 25.0 Å². The molecule has 162 valence electrons. The van der Waals surface area contributed by atoms with Crippen LogP contribution in [-0.2, 0) is 9.53 Å². The Labute approximate surface area is 180 Å². The Balaban J connectivity index is 1.91. The van der Waals surface area contributed by atoms with Crippen molar-refractivity contribution in [2.24, 2.45) is 0 Å². The van der Waals surface area contributed by atoms with Crippen LogP contribution in [0.3, 0.4) is 0 Å². The van der Waals surface area contributed by atoms with Gasteiger partial charge in [-0.1, -0.05) is 18.2 Å². The van der Waals surface area contributed by atoms with Crippen LogP contribution in [0, 0.1) is 0 Å². The van der Waals surface area contributed by atoms with Crippen molar-refractivity contribution in [3.05, 3.63) is 70.9 Å². The highest BCUT2D eigenvalue weighted by Crippen LogP contribution is 2.32. The van der Waals surface area contributed by atoms with Crippen molar-refractivity contribution in [2.75, 3.05) is 26.1 Å². The van der Waals surface area contributed by atoms with E-state index >= 15 is 0 Å². The summed E-state index contributed by atoms with van der Waals surface area (Å²) in [7, 11) is 3.12. The molecule has 1 aliphatic heterocycles. The maximum absolute atomic E-state index is 12.6. The van der Waals surface area contributed by atoms with E-state index in [9.17, 15) is 14.4 Å². The van der Waals surface area contributed by atoms with Crippen LogP contribution in [0.5, 0.6) is 5.75 Å². The zero-order valence-corrected chi connectivity index (χ0v) is 17.9. The Morgan fingerprint density at radius 1 is 1.16 bits per heavy atom. The molecule has 0 aromatic heterocycles. The van der Waals surface area contributed by atoms with Crippen molar-refractivity contribution in [3.63, 3.8) is 0 Å². The number of urea groups is 1. The van der Waals surface area contributed by atoms with E-state index in [1.807, 2.05) is 0 Å². The van der Waals surface area contributed by atoms with Gasteiger partial charge in [-0.3, -0.25) is 4.79 Å². The van der Waals surface area contributed by atoms with Crippen molar-refractivity contribution in [3.8, 4) is 5.75 Å². The topological polar surface area (TPSA) is 97.0 Å². The molecule has 3 rings (SSSR count). The summed E-state index contributed by atoms with van der Waals surface area (Å²) in [6.45, 7) is 3.64. The van der Waals surface area contributed by atoms with Crippen LogP contribution in [0.25, 0.3) is 0 Å².